The highest BCUT2D eigenvalue weighted by Crippen LogP contribution is 2.45. The number of hydrogen-bond acceptors (Lipinski definition) is 22. The van der Waals surface area contributed by atoms with Crippen molar-refractivity contribution < 1.29 is 92.1 Å². The van der Waals surface area contributed by atoms with E-state index in [1.54, 1.807) is 62.7 Å². The van der Waals surface area contributed by atoms with Crippen molar-refractivity contribution in [3.63, 3.8) is 0 Å². The lowest BCUT2D eigenvalue weighted by Gasteiger charge is -2.49. The van der Waals surface area contributed by atoms with E-state index in [-0.39, 0.29) is 69.0 Å². The molecule has 4 saturated heterocycles. The van der Waals surface area contributed by atoms with Crippen LogP contribution in [0.3, 0.4) is 0 Å². The summed E-state index contributed by atoms with van der Waals surface area (Å²) in [7, 11) is 10.5. The number of aromatic nitrogens is 1. The zero-order chi connectivity index (χ0) is 73.6. The number of rotatable bonds is 19. The predicted molar refractivity (Wildman–Crippen MR) is 379 cm³/mol. The van der Waals surface area contributed by atoms with E-state index >= 15 is 0 Å². The highest BCUT2D eigenvalue weighted by molar-refractivity contribution is 5.89. The summed E-state index contributed by atoms with van der Waals surface area (Å²) in [6.07, 6.45) is 0.329. The number of cyclic esters (lactones) is 2. The molecule has 7 N–H and O–H groups in total. The minimum Gasteiger partial charge on any atom is -0.501 e. The number of aliphatic hydroxyl groups excluding tert-OH is 3. The van der Waals surface area contributed by atoms with Crippen molar-refractivity contribution in [1.82, 2.24) is 25.0 Å². The molecule has 22 atom stereocenters. The van der Waals surface area contributed by atoms with E-state index in [9.17, 15) is 39.9 Å². The Labute approximate surface area is 592 Å². The van der Waals surface area contributed by atoms with Crippen molar-refractivity contribution in [2.75, 3.05) is 82.1 Å². The van der Waals surface area contributed by atoms with Crippen LogP contribution in [0.15, 0.2) is 77.8 Å². The minimum absolute atomic E-state index is 0.0307. The van der Waals surface area contributed by atoms with Gasteiger partial charge in [0.05, 0.1) is 79.8 Å². The van der Waals surface area contributed by atoms with Crippen molar-refractivity contribution in [2.24, 2.45) is 28.8 Å². The largest absolute Gasteiger partial charge is 0.501 e. The van der Waals surface area contributed by atoms with Gasteiger partial charge in [0.15, 0.2) is 12.6 Å². The number of amides is 2. The number of piperidine rings is 1. The van der Waals surface area contributed by atoms with Crippen molar-refractivity contribution in [3.8, 4) is 0 Å². The molecule has 6 aliphatic rings. The lowest BCUT2D eigenvalue weighted by molar-refractivity contribution is -0.317. The number of benzene rings is 2. The Balaban J connectivity index is 0.000000267. The summed E-state index contributed by atoms with van der Waals surface area (Å²) in [6, 6.07) is 16.9. The number of H-pyrrole nitrogens is 1. The molecule has 1 aromatic heterocycles. The number of ether oxygens (including phenoxy) is 10. The van der Waals surface area contributed by atoms with Crippen LogP contribution < -0.4 is 5.32 Å². The third-order valence-electron chi connectivity index (χ3n) is 21.2. The Bertz CT molecular complexity index is 3160. The van der Waals surface area contributed by atoms with Gasteiger partial charge in [0, 0.05) is 106 Å². The van der Waals surface area contributed by atoms with Crippen LogP contribution in [0.4, 0.5) is 4.79 Å². The van der Waals surface area contributed by atoms with Gasteiger partial charge in [-0.15, -0.1) is 0 Å². The molecule has 1 aliphatic carbocycles. The van der Waals surface area contributed by atoms with Crippen molar-refractivity contribution in [3.05, 3.63) is 89.3 Å². The van der Waals surface area contributed by atoms with Gasteiger partial charge in [-0.3, -0.25) is 4.79 Å². The van der Waals surface area contributed by atoms with Gasteiger partial charge in [0.2, 0.25) is 6.79 Å². The molecule has 2 amide bonds. The van der Waals surface area contributed by atoms with E-state index in [2.05, 4.69) is 51.8 Å². The van der Waals surface area contributed by atoms with Crippen LogP contribution in [-0.4, -0.2) is 253 Å². The average Bonchev–Trinajstić information content (AvgIpc) is 1.37. The number of aromatic amines is 1. The minimum atomic E-state index is -1.97. The first-order chi connectivity index (χ1) is 47.4. The van der Waals surface area contributed by atoms with Gasteiger partial charge in [-0.05, 0) is 137 Å². The van der Waals surface area contributed by atoms with Gasteiger partial charge in [0.25, 0.3) is 0 Å². The van der Waals surface area contributed by atoms with Gasteiger partial charge >= 0.3 is 18.0 Å². The Kier molecular flexibility index (Phi) is 30.0. The second-order valence-electron chi connectivity index (χ2n) is 29.0. The van der Waals surface area contributed by atoms with Crippen LogP contribution in [-0.2, 0) is 68.2 Å². The fourth-order valence-electron chi connectivity index (χ4n) is 15.4. The first kappa shape index (κ1) is 81.7. The van der Waals surface area contributed by atoms with E-state index in [1.165, 1.54) is 42.1 Å². The number of carbonyl (C=O) groups is 3. The summed E-state index contributed by atoms with van der Waals surface area (Å²) in [5.74, 6) is -3.36. The second kappa shape index (κ2) is 36.7. The molecule has 5 aliphatic heterocycles. The Morgan fingerprint density at radius 1 is 0.860 bits per heavy atom. The van der Waals surface area contributed by atoms with Gasteiger partial charge in [0.1, 0.15) is 35.8 Å². The highest BCUT2D eigenvalue weighted by Gasteiger charge is 2.54. The van der Waals surface area contributed by atoms with Gasteiger partial charge in [-0.25, -0.2) is 9.59 Å². The lowest BCUT2D eigenvalue weighted by Crippen LogP contribution is -2.61. The average molecular weight is 1410 g/mol. The van der Waals surface area contributed by atoms with Crippen LogP contribution in [0.25, 0.3) is 17.0 Å². The third-order valence-corrected chi connectivity index (χ3v) is 21.2. The Morgan fingerprint density at radius 3 is 2.22 bits per heavy atom. The molecular weight excluding hydrogens is 1290 g/mol. The molecule has 100 heavy (non-hydrogen) atoms. The summed E-state index contributed by atoms with van der Waals surface area (Å²) in [5, 5.41) is 68.2. The molecular formula is C75H118N6O19. The van der Waals surface area contributed by atoms with Gasteiger partial charge in [-0.2, -0.15) is 0 Å². The lowest BCUT2D eigenvalue weighted by atomic mass is 9.73. The van der Waals surface area contributed by atoms with E-state index < -0.39 is 102 Å². The highest BCUT2D eigenvalue weighted by atomic mass is 16.7. The molecule has 0 saturated carbocycles. The topological polar surface area (TPSA) is 304 Å². The van der Waals surface area contributed by atoms with Crippen molar-refractivity contribution >= 4 is 40.7 Å². The molecule has 0 bridgehead atoms. The predicted octanol–water partition coefficient (Wildman–Crippen LogP) is 7.69. The van der Waals surface area contributed by atoms with Crippen LogP contribution >= 0.6 is 0 Å². The van der Waals surface area contributed by atoms with E-state index in [4.69, 9.17) is 52.2 Å². The maximum absolute atomic E-state index is 14.3. The number of nitrogens with one attached hydrogen (secondary N) is 2. The Hall–Kier alpha value is -5.62. The standard InChI is InChI=1S/C41H76N2O15.C20H28N4O.C14H14O3/c1-15-29-41(10,49)34(45)24(4)31(42-53-21-52-17-16-50-13)22(2)19-39(8,48)36(58-38-32(44)28(43(11)12)18-23(3)54-38)25(5)33(26(6)37(47)56-29)57-30-20-40(9,51-14)35(46)27(7)55-30;1-4-24(5-2)20(25)22-14-10-16-15-7-6-8-17-19(15)13(11-21-17)9-18(16)23(3)12-14;1-16-13-9-12(17-14(15)10-13)8-7-11-5-3-2-4-6-11/h22-30,32-36,38,44-46,48-49H,15-21H2,1-14H3;6-8,11,14,16,18,21H,4-5,9-10,12H2,1-3H3,(H,22,25);2-8,10,12H,9H2,1H3/b42-31+;;8-7+/t22-,23-,24+,25+,26-,27+,28+,29-,30+,32-,33+,34-,35+,36-,38+,39-,40-,41-;14-,16+,18+;12-/m100/s1. The molecule has 25 heteroatoms. The number of oxime groups is 1. The monoisotopic (exact) mass is 1410 g/mol. The molecule has 562 valence electrons. The van der Waals surface area contributed by atoms with Crippen LogP contribution in [0.5, 0.6) is 0 Å². The fourth-order valence-corrected chi connectivity index (χ4v) is 15.4. The molecule has 0 spiro atoms. The SMILES string of the molecule is CCN(CC)C(=O)N[C@H]1C[C@@H]2c3cccc4[nH]cc(c34)C[C@H]2N(C)C1.CC[C@H]1OC(=O)[C@H](C)[C@@H](O[C@H]2C[C@@](C)(OC)[C@@H](O)[C@H](C)O2)[C@H](C)[C@@H](O[C@@H]2O[C@H](C)C[C@H](N(C)C)[C@H]2O)[C@](C)(O)C[C@@H](C)/C(=N\OCOCCOC)[C@H](C)[C@@H](O)[C@]1(C)O.COC1=CC(=O)O[C@@H](/C=C/c2ccccc2)C1. The van der Waals surface area contributed by atoms with E-state index in [0.29, 0.717) is 42.9 Å². The van der Waals surface area contributed by atoms with Crippen molar-refractivity contribution in [2.45, 2.75) is 236 Å². The number of esters is 2. The quantitative estimate of drug-likeness (QED) is 0.0262. The zero-order valence-corrected chi connectivity index (χ0v) is 62.3. The first-order valence-electron chi connectivity index (χ1n) is 35.7. The number of likely N-dealkylation sites (tertiary alicyclic amines) is 1. The summed E-state index contributed by atoms with van der Waals surface area (Å²) in [5.41, 5.74) is 0.704. The second-order valence-corrected chi connectivity index (χ2v) is 29.0. The van der Waals surface area contributed by atoms with Gasteiger partial charge in [-0.1, -0.05) is 81.4 Å². The first-order valence-corrected chi connectivity index (χ1v) is 35.7. The number of likely N-dealkylation sites (N-methyl/N-ethyl adjacent to an activating group) is 2. The van der Waals surface area contributed by atoms with Crippen LogP contribution in [0.1, 0.15) is 144 Å². The number of fused-ring (bicyclic) bond motifs is 2. The third kappa shape index (κ3) is 20.2. The number of urea groups is 1. The van der Waals surface area contributed by atoms with E-state index in [0.717, 1.165) is 38.0 Å². The maximum atomic E-state index is 14.3. The molecule has 0 unspecified atom stereocenters. The molecule has 25 nitrogen and oxygen atoms in total. The fraction of sp³-hybridized carbons (Fsp3) is 0.707. The summed E-state index contributed by atoms with van der Waals surface area (Å²) < 4.78 is 58.4. The van der Waals surface area contributed by atoms with Crippen LogP contribution in [0.2, 0.25) is 0 Å². The Morgan fingerprint density at radius 2 is 1.57 bits per heavy atom. The number of hydrogen-bond donors (Lipinski definition) is 7. The smallest absolute Gasteiger partial charge is 0.334 e. The zero-order valence-electron chi connectivity index (χ0n) is 62.3. The normalized spacial score (nSPS) is 36.4. The molecule has 9 rings (SSSR count). The molecule has 0 radical (unpaired) electrons. The number of methoxy groups -OCH3 is 3. The summed E-state index contributed by atoms with van der Waals surface area (Å²) >= 11 is 0. The number of nitrogens with zero attached hydrogens (tertiary/aromatic N) is 4. The van der Waals surface area contributed by atoms with Crippen molar-refractivity contribution in [1.29, 1.82) is 0 Å². The van der Waals surface area contributed by atoms with Gasteiger partial charge < -0.3 is 103 Å². The van der Waals surface area contributed by atoms with Crippen LogP contribution in [0, 0.1) is 23.7 Å². The summed E-state index contributed by atoms with van der Waals surface area (Å²) in [6.45, 7) is 23.8. The molecule has 3 aromatic rings. The number of carbonyl (C=O) groups excluding carboxylic acids is 3. The summed E-state index contributed by atoms with van der Waals surface area (Å²) in [4.78, 5) is 53.2. The maximum Gasteiger partial charge on any atom is 0.334 e. The number of aliphatic hydroxyl groups is 5. The molecule has 4 fully saturated rings. The molecule has 2 aromatic carbocycles. The molecule has 6 heterocycles. The van der Waals surface area contributed by atoms with E-state index in [1.807, 2.05) is 94.1 Å².